The molecule has 0 heterocycles. The van der Waals surface area contributed by atoms with Gasteiger partial charge in [0.1, 0.15) is 12.4 Å². The van der Waals surface area contributed by atoms with Gasteiger partial charge in [-0.1, -0.05) is 0 Å². The molecule has 0 bridgehead atoms. The van der Waals surface area contributed by atoms with Crippen LogP contribution in [-0.2, 0) is 4.79 Å². The molecule has 0 spiro atoms. The number of rotatable bonds is 3. The van der Waals surface area contributed by atoms with Gasteiger partial charge in [-0.05, 0) is 0 Å². The van der Waals surface area contributed by atoms with E-state index < -0.39 is 41.7 Å². The summed E-state index contributed by atoms with van der Waals surface area (Å²) in [6.45, 7) is -0.683. The average molecular weight is 248 g/mol. The van der Waals surface area contributed by atoms with Crippen LogP contribution in [-0.4, -0.2) is 23.7 Å². The molecule has 2 amide bonds. The number of nitrogens with one attached hydrogen (secondary N) is 2. The minimum absolute atomic E-state index is 0.266. The zero-order valence-corrected chi connectivity index (χ0v) is 8.26. The van der Waals surface area contributed by atoms with E-state index in [9.17, 15) is 22.8 Å². The van der Waals surface area contributed by atoms with E-state index in [0.29, 0.717) is 6.07 Å². The highest BCUT2D eigenvalue weighted by atomic mass is 19.2. The Morgan fingerprint density at radius 3 is 2.29 bits per heavy atom. The molecule has 1 rings (SSSR count). The number of benzene rings is 1. The molecule has 8 heteroatoms. The predicted molar refractivity (Wildman–Crippen MR) is 51.0 cm³/mol. The Morgan fingerprint density at radius 1 is 1.12 bits per heavy atom. The van der Waals surface area contributed by atoms with Gasteiger partial charge in [-0.3, -0.25) is 4.79 Å². The molecule has 0 aliphatic heterocycles. The summed E-state index contributed by atoms with van der Waals surface area (Å²) in [5.74, 6) is -5.20. The monoisotopic (exact) mass is 248 g/mol. The third-order valence-corrected chi connectivity index (χ3v) is 1.66. The van der Waals surface area contributed by atoms with Crippen LogP contribution in [0.5, 0.6) is 0 Å². The SMILES string of the molecule is O=C(O)CNC(=O)Nc1cc(F)c(F)cc1F. The molecule has 0 atom stereocenters. The van der Waals surface area contributed by atoms with Crippen LogP contribution < -0.4 is 10.6 Å². The number of carboxylic acid groups (broad SMARTS) is 1. The lowest BCUT2D eigenvalue weighted by Gasteiger charge is -2.07. The Kier molecular flexibility index (Phi) is 3.91. The number of aliphatic carboxylic acids is 1. The maximum atomic E-state index is 13.0. The molecule has 0 aliphatic carbocycles. The summed E-state index contributed by atoms with van der Waals surface area (Å²) in [6, 6.07) is -0.329. The Labute approximate surface area is 93.2 Å². The maximum absolute atomic E-state index is 13.0. The van der Waals surface area contributed by atoms with Crippen LogP contribution in [0.15, 0.2) is 12.1 Å². The molecule has 17 heavy (non-hydrogen) atoms. The van der Waals surface area contributed by atoms with Crippen molar-refractivity contribution in [3.63, 3.8) is 0 Å². The molecule has 0 saturated heterocycles. The molecule has 0 radical (unpaired) electrons. The van der Waals surface area contributed by atoms with E-state index in [4.69, 9.17) is 5.11 Å². The number of anilines is 1. The van der Waals surface area contributed by atoms with Crippen LogP contribution in [0.25, 0.3) is 0 Å². The summed E-state index contributed by atoms with van der Waals surface area (Å²) in [4.78, 5) is 21.1. The molecular formula is C9H7F3N2O3. The number of urea groups is 1. The van der Waals surface area contributed by atoms with Crippen LogP contribution in [0.1, 0.15) is 0 Å². The third kappa shape index (κ3) is 3.67. The van der Waals surface area contributed by atoms with Crippen molar-refractivity contribution in [2.75, 3.05) is 11.9 Å². The molecule has 0 unspecified atom stereocenters. The second-order valence-electron chi connectivity index (χ2n) is 2.95. The van der Waals surface area contributed by atoms with Crippen molar-refractivity contribution in [1.29, 1.82) is 0 Å². The lowest BCUT2D eigenvalue weighted by molar-refractivity contribution is -0.135. The molecule has 1 aromatic carbocycles. The highest BCUT2D eigenvalue weighted by molar-refractivity contribution is 5.91. The van der Waals surface area contributed by atoms with Crippen LogP contribution in [0.4, 0.5) is 23.7 Å². The van der Waals surface area contributed by atoms with Crippen LogP contribution in [0, 0.1) is 17.5 Å². The highest BCUT2D eigenvalue weighted by Crippen LogP contribution is 2.18. The molecule has 0 saturated carbocycles. The fourth-order valence-corrected chi connectivity index (χ4v) is 0.941. The number of amides is 2. The van der Waals surface area contributed by atoms with Crippen molar-refractivity contribution in [2.24, 2.45) is 0 Å². The van der Waals surface area contributed by atoms with E-state index in [-0.39, 0.29) is 6.07 Å². The standard InChI is InChI=1S/C9H7F3N2O3/c10-4-1-6(12)7(2-5(4)11)14-9(17)13-3-8(15)16/h1-2H,3H2,(H,15,16)(H2,13,14,17). The summed E-state index contributed by atoms with van der Waals surface area (Å²) in [5, 5.41) is 11.9. The first-order valence-electron chi connectivity index (χ1n) is 4.31. The number of hydrogen-bond donors (Lipinski definition) is 3. The van der Waals surface area contributed by atoms with E-state index in [1.807, 2.05) is 10.6 Å². The van der Waals surface area contributed by atoms with Gasteiger partial charge in [0.25, 0.3) is 0 Å². The van der Waals surface area contributed by atoms with Crippen LogP contribution in [0.3, 0.4) is 0 Å². The van der Waals surface area contributed by atoms with E-state index in [0.717, 1.165) is 0 Å². The molecule has 5 nitrogen and oxygen atoms in total. The van der Waals surface area contributed by atoms with E-state index in [1.54, 1.807) is 0 Å². The quantitative estimate of drug-likeness (QED) is 0.705. The fraction of sp³-hybridized carbons (Fsp3) is 0.111. The van der Waals surface area contributed by atoms with Crippen molar-refractivity contribution in [3.05, 3.63) is 29.6 Å². The summed E-state index contributed by atoms with van der Waals surface area (Å²) in [6.07, 6.45) is 0. The summed E-state index contributed by atoms with van der Waals surface area (Å²) in [5.41, 5.74) is -0.591. The fourth-order valence-electron chi connectivity index (χ4n) is 0.941. The van der Waals surface area contributed by atoms with Crippen molar-refractivity contribution in [1.82, 2.24) is 5.32 Å². The number of carboxylic acids is 1. The number of hydrogen-bond acceptors (Lipinski definition) is 2. The van der Waals surface area contributed by atoms with Gasteiger partial charge in [0.15, 0.2) is 11.6 Å². The minimum atomic E-state index is -1.39. The summed E-state index contributed by atoms with van der Waals surface area (Å²) < 4.78 is 38.3. The van der Waals surface area contributed by atoms with E-state index in [2.05, 4.69) is 0 Å². The van der Waals surface area contributed by atoms with Gasteiger partial charge in [0.05, 0.1) is 5.69 Å². The van der Waals surface area contributed by atoms with Gasteiger partial charge >= 0.3 is 12.0 Å². The Balaban J connectivity index is 2.71. The molecule has 0 aromatic heterocycles. The van der Waals surface area contributed by atoms with Crippen molar-refractivity contribution >= 4 is 17.7 Å². The smallest absolute Gasteiger partial charge is 0.323 e. The Morgan fingerprint density at radius 2 is 1.71 bits per heavy atom. The minimum Gasteiger partial charge on any atom is -0.480 e. The first-order valence-corrected chi connectivity index (χ1v) is 4.31. The third-order valence-electron chi connectivity index (χ3n) is 1.66. The molecular weight excluding hydrogens is 241 g/mol. The van der Waals surface area contributed by atoms with Crippen LogP contribution in [0.2, 0.25) is 0 Å². The van der Waals surface area contributed by atoms with E-state index in [1.165, 1.54) is 0 Å². The number of carbonyl (C=O) groups excluding carboxylic acids is 1. The molecule has 1 aromatic rings. The first-order chi connectivity index (χ1) is 7.90. The molecule has 3 N–H and O–H groups in total. The normalized spacial score (nSPS) is 9.82. The largest absolute Gasteiger partial charge is 0.480 e. The Bertz CT molecular complexity index is 465. The summed E-state index contributed by atoms with van der Waals surface area (Å²) in [7, 11) is 0. The van der Waals surface area contributed by atoms with Crippen molar-refractivity contribution < 1.29 is 27.9 Å². The molecule has 92 valence electrons. The van der Waals surface area contributed by atoms with Gasteiger partial charge in [-0.2, -0.15) is 0 Å². The van der Waals surface area contributed by atoms with Gasteiger partial charge in [0.2, 0.25) is 0 Å². The molecule has 0 fully saturated rings. The van der Waals surface area contributed by atoms with Gasteiger partial charge in [-0.15, -0.1) is 0 Å². The average Bonchev–Trinajstić information content (AvgIpc) is 2.23. The lowest BCUT2D eigenvalue weighted by Crippen LogP contribution is -2.33. The number of halogens is 3. The lowest BCUT2D eigenvalue weighted by atomic mass is 10.3. The van der Waals surface area contributed by atoms with E-state index >= 15 is 0 Å². The predicted octanol–water partition coefficient (Wildman–Crippen LogP) is 1.31. The van der Waals surface area contributed by atoms with Crippen molar-refractivity contribution in [3.8, 4) is 0 Å². The second-order valence-corrected chi connectivity index (χ2v) is 2.95. The Hall–Kier alpha value is -2.25. The zero-order valence-electron chi connectivity index (χ0n) is 8.26. The topological polar surface area (TPSA) is 78.4 Å². The van der Waals surface area contributed by atoms with Crippen molar-refractivity contribution in [2.45, 2.75) is 0 Å². The van der Waals surface area contributed by atoms with Gasteiger partial charge < -0.3 is 15.7 Å². The maximum Gasteiger partial charge on any atom is 0.323 e. The van der Waals surface area contributed by atoms with Gasteiger partial charge in [-0.25, -0.2) is 18.0 Å². The van der Waals surface area contributed by atoms with Gasteiger partial charge in [0, 0.05) is 12.1 Å². The van der Waals surface area contributed by atoms with Crippen LogP contribution >= 0.6 is 0 Å². The highest BCUT2D eigenvalue weighted by Gasteiger charge is 2.12. The summed E-state index contributed by atoms with van der Waals surface area (Å²) >= 11 is 0. The number of carbonyl (C=O) groups is 2. The molecule has 0 aliphatic rings. The zero-order chi connectivity index (χ0) is 13.0. The first kappa shape index (κ1) is 12.8. The second kappa shape index (κ2) is 5.19.